The summed E-state index contributed by atoms with van der Waals surface area (Å²) in [5.74, 6) is -1.17. The Morgan fingerprint density at radius 2 is 1.63 bits per heavy atom. The second kappa shape index (κ2) is 17.7. The van der Waals surface area contributed by atoms with Crippen LogP contribution >= 0.6 is 11.6 Å². The van der Waals surface area contributed by atoms with E-state index in [1.807, 2.05) is 17.0 Å². The number of likely N-dealkylation sites (tertiary alicyclic amines) is 1. The molecule has 1 aliphatic carbocycles. The Hall–Kier alpha value is -5.59. The van der Waals surface area contributed by atoms with E-state index >= 15 is 0 Å². The number of nitrogens with one attached hydrogen (secondary N) is 4. The first-order valence-corrected chi connectivity index (χ1v) is 20.8. The van der Waals surface area contributed by atoms with Crippen LogP contribution in [0.5, 0.6) is 5.75 Å². The average Bonchev–Trinajstić information content (AvgIpc) is 3.46. The largest absolute Gasteiger partial charge is 0.490 e. The van der Waals surface area contributed by atoms with Gasteiger partial charge in [-0.1, -0.05) is 11.6 Å². The standard InChI is InChI=1S/C43H50ClN9O6/c1-25-22-51(30-6-10-33-34(19-30)43(58)53(42(33)57)37-12-14-39(54)49-41(37)56)23-26(2)52(25)24-27-15-17-50(18-16-27)38(47)13-11-36(46)40(55)48-29-4-8-31(9-5-29)59-32-7-3-28(21-45)35(44)20-32/h3,6-7,10-11,13,19-20,25-27,29,31,37,46-47H,4-5,8-9,12,14-18,22-24H2,1-2H3,(H,48,55)(H,49,54,56)/b13-11-,46-36?,47-38?. The summed E-state index contributed by atoms with van der Waals surface area (Å²) in [6, 6.07) is 11.7. The van der Waals surface area contributed by atoms with Gasteiger partial charge in [-0.15, -0.1) is 0 Å². The minimum Gasteiger partial charge on any atom is -0.490 e. The zero-order chi connectivity index (χ0) is 42.0. The molecule has 4 heterocycles. The number of benzene rings is 2. The summed E-state index contributed by atoms with van der Waals surface area (Å²) in [4.78, 5) is 71.3. The van der Waals surface area contributed by atoms with Gasteiger partial charge in [-0.2, -0.15) is 5.26 Å². The number of rotatable bonds is 10. The fourth-order valence-corrected chi connectivity index (χ4v) is 9.23. The van der Waals surface area contributed by atoms with Crippen LogP contribution in [0, 0.1) is 28.1 Å². The molecular formula is C43H50ClN9O6. The van der Waals surface area contributed by atoms with Crippen molar-refractivity contribution in [2.24, 2.45) is 5.92 Å². The normalized spacial score (nSPS) is 25.5. The molecule has 5 amide bonds. The molecule has 1 saturated carbocycles. The average molecular weight is 824 g/mol. The van der Waals surface area contributed by atoms with Gasteiger partial charge in [0.25, 0.3) is 17.7 Å². The van der Waals surface area contributed by atoms with E-state index in [9.17, 15) is 24.0 Å². The minimum atomic E-state index is -0.997. The van der Waals surface area contributed by atoms with Crippen molar-refractivity contribution in [3.8, 4) is 11.8 Å². The van der Waals surface area contributed by atoms with Crippen molar-refractivity contribution in [3.63, 3.8) is 0 Å². The van der Waals surface area contributed by atoms with Crippen LogP contribution in [0.3, 0.4) is 0 Å². The van der Waals surface area contributed by atoms with E-state index in [0.717, 1.165) is 55.9 Å². The van der Waals surface area contributed by atoms with Gasteiger partial charge in [-0.05, 0) is 107 Å². The topological polar surface area (TPSA) is 203 Å². The van der Waals surface area contributed by atoms with Gasteiger partial charge in [0.2, 0.25) is 11.8 Å². The van der Waals surface area contributed by atoms with E-state index in [4.69, 9.17) is 32.4 Å². The molecule has 4 aliphatic heterocycles. The SMILES string of the molecule is CC1CN(c2ccc3c(c2)C(=O)N(C2CCC(=O)NC2=O)C3=O)CC(C)N1CC1CCN(C(=N)/C=C\C(=N)C(=O)NC2CCC(Oc3ccc(C#N)c(Cl)c3)CC2)CC1. The molecule has 3 saturated heterocycles. The molecular weight excluding hydrogens is 774 g/mol. The zero-order valence-corrected chi connectivity index (χ0v) is 34.1. The van der Waals surface area contributed by atoms with Gasteiger partial charge < -0.3 is 19.9 Å². The van der Waals surface area contributed by atoms with E-state index < -0.39 is 35.6 Å². The molecule has 5 aliphatic rings. The molecule has 0 radical (unpaired) electrons. The summed E-state index contributed by atoms with van der Waals surface area (Å²) in [6.45, 7) is 8.23. The maximum absolute atomic E-state index is 13.4. The monoisotopic (exact) mass is 823 g/mol. The van der Waals surface area contributed by atoms with E-state index in [-0.39, 0.29) is 59.7 Å². The van der Waals surface area contributed by atoms with Crippen molar-refractivity contribution in [1.29, 1.82) is 16.1 Å². The first-order chi connectivity index (χ1) is 28.3. The molecule has 16 heteroatoms. The van der Waals surface area contributed by atoms with Gasteiger partial charge in [-0.3, -0.25) is 49.9 Å². The minimum absolute atomic E-state index is 0.0256. The third-order valence-corrected chi connectivity index (χ3v) is 12.7. The number of amidine groups is 1. The van der Waals surface area contributed by atoms with Crippen LogP contribution in [0.15, 0.2) is 48.6 Å². The Labute approximate surface area is 348 Å². The van der Waals surface area contributed by atoms with Crippen LogP contribution in [-0.2, 0) is 14.4 Å². The number of hydrogen-bond acceptors (Lipinski definition) is 11. The van der Waals surface area contributed by atoms with Crippen LogP contribution < -0.4 is 20.3 Å². The van der Waals surface area contributed by atoms with Crippen LogP contribution in [0.4, 0.5) is 5.69 Å². The predicted octanol–water partition coefficient (Wildman–Crippen LogP) is 4.28. The van der Waals surface area contributed by atoms with E-state index in [0.29, 0.717) is 48.2 Å². The van der Waals surface area contributed by atoms with Crippen molar-refractivity contribution in [2.75, 3.05) is 37.6 Å². The highest BCUT2D eigenvalue weighted by Crippen LogP contribution is 2.33. The molecule has 3 atom stereocenters. The zero-order valence-electron chi connectivity index (χ0n) is 33.3. The van der Waals surface area contributed by atoms with Crippen molar-refractivity contribution in [2.45, 2.75) is 95.5 Å². The maximum Gasteiger partial charge on any atom is 0.269 e. The lowest BCUT2D eigenvalue weighted by atomic mass is 9.92. The summed E-state index contributed by atoms with van der Waals surface area (Å²) >= 11 is 6.13. The third kappa shape index (κ3) is 9.19. The molecule has 0 aromatic heterocycles. The number of ether oxygens (including phenoxy) is 1. The highest BCUT2D eigenvalue weighted by molar-refractivity contribution is 6.42. The van der Waals surface area contributed by atoms with Crippen LogP contribution in [-0.4, -0.2) is 119 Å². The van der Waals surface area contributed by atoms with Crippen molar-refractivity contribution in [1.82, 2.24) is 25.3 Å². The quantitative estimate of drug-likeness (QED) is 0.152. The second-order valence-corrected chi connectivity index (χ2v) is 16.8. The predicted molar refractivity (Wildman–Crippen MR) is 221 cm³/mol. The number of anilines is 1. The Balaban J connectivity index is 0.831. The number of piperidine rings is 2. The smallest absolute Gasteiger partial charge is 0.269 e. The number of amides is 5. The molecule has 2 aromatic rings. The lowest BCUT2D eigenvalue weighted by Crippen LogP contribution is -2.58. The summed E-state index contributed by atoms with van der Waals surface area (Å²) < 4.78 is 6.04. The van der Waals surface area contributed by atoms with E-state index in [1.165, 1.54) is 12.2 Å². The highest BCUT2D eigenvalue weighted by Gasteiger charge is 2.45. The summed E-state index contributed by atoms with van der Waals surface area (Å²) in [5.41, 5.74) is 1.60. The first-order valence-electron chi connectivity index (χ1n) is 20.4. The van der Waals surface area contributed by atoms with Crippen LogP contribution in [0.1, 0.15) is 91.5 Å². The molecule has 0 spiro atoms. The fraction of sp³-hybridized carbons (Fsp3) is 0.488. The molecule has 7 rings (SSSR count). The number of hydrogen-bond donors (Lipinski definition) is 4. The molecule has 2 aromatic carbocycles. The molecule has 59 heavy (non-hydrogen) atoms. The Bertz CT molecular complexity index is 2110. The molecule has 3 unspecified atom stereocenters. The molecule has 4 N–H and O–H groups in total. The number of carbonyl (C=O) groups excluding carboxylic acids is 5. The molecule has 4 fully saturated rings. The lowest BCUT2D eigenvalue weighted by molar-refractivity contribution is -0.136. The number of nitrogens with zero attached hydrogens (tertiary/aromatic N) is 5. The lowest BCUT2D eigenvalue weighted by Gasteiger charge is -2.47. The summed E-state index contributed by atoms with van der Waals surface area (Å²) in [6.07, 6.45) is 7.84. The van der Waals surface area contributed by atoms with Crippen LogP contribution in [0.2, 0.25) is 5.02 Å². The summed E-state index contributed by atoms with van der Waals surface area (Å²) in [7, 11) is 0. The molecule has 15 nitrogen and oxygen atoms in total. The number of carbonyl (C=O) groups is 5. The van der Waals surface area contributed by atoms with Crippen molar-refractivity contribution < 1.29 is 28.7 Å². The van der Waals surface area contributed by atoms with Gasteiger partial charge in [0.15, 0.2) is 0 Å². The highest BCUT2D eigenvalue weighted by atomic mass is 35.5. The number of fused-ring (bicyclic) bond motifs is 1. The Kier molecular flexibility index (Phi) is 12.5. The number of imide groups is 2. The maximum atomic E-state index is 13.4. The number of halogens is 1. The second-order valence-electron chi connectivity index (χ2n) is 16.4. The van der Waals surface area contributed by atoms with Gasteiger partial charge in [-0.25, -0.2) is 0 Å². The first kappa shape index (κ1) is 41.6. The number of nitriles is 1. The van der Waals surface area contributed by atoms with Crippen molar-refractivity contribution >= 4 is 58.4 Å². The molecule has 0 bridgehead atoms. The van der Waals surface area contributed by atoms with Crippen molar-refractivity contribution in [3.05, 3.63) is 70.3 Å². The molecule has 310 valence electrons. The van der Waals surface area contributed by atoms with Gasteiger partial charge in [0.1, 0.15) is 29.4 Å². The van der Waals surface area contributed by atoms with Crippen LogP contribution in [0.25, 0.3) is 0 Å². The Morgan fingerprint density at radius 1 is 0.932 bits per heavy atom. The van der Waals surface area contributed by atoms with Gasteiger partial charge >= 0.3 is 0 Å². The van der Waals surface area contributed by atoms with Gasteiger partial charge in [0.05, 0.1) is 27.8 Å². The third-order valence-electron chi connectivity index (χ3n) is 12.3. The van der Waals surface area contributed by atoms with E-state index in [1.54, 1.807) is 30.3 Å². The van der Waals surface area contributed by atoms with E-state index in [2.05, 4.69) is 34.3 Å². The number of piperazine rings is 1. The Morgan fingerprint density at radius 3 is 2.29 bits per heavy atom. The van der Waals surface area contributed by atoms with Gasteiger partial charge in [0, 0.05) is 69.0 Å². The summed E-state index contributed by atoms with van der Waals surface area (Å²) in [5, 5.41) is 31.6. The fourth-order valence-electron chi connectivity index (χ4n) is 9.02.